The van der Waals surface area contributed by atoms with E-state index >= 15 is 0 Å². The van der Waals surface area contributed by atoms with Crippen LogP contribution in [0.2, 0.25) is 0 Å². The van der Waals surface area contributed by atoms with Crippen molar-refractivity contribution in [1.29, 1.82) is 0 Å². The number of morpholine rings is 1. The first-order valence-corrected chi connectivity index (χ1v) is 7.29. The summed E-state index contributed by atoms with van der Waals surface area (Å²) in [7, 11) is 1.66. The Labute approximate surface area is 120 Å². The van der Waals surface area contributed by atoms with E-state index in [1.807, 2.05) is 0 Å². The number of hydrogen-bond donors (Lipinski definition) is 1. The molecule has 1 atom stereocenters. The molecule has 1 saturated heterocycles. The van der Waals surface area contributed by atoms with Gasteiger partial charge < -0.3 is 19.7 Å². The van der Waals surface area contributed by atoms with Gasteiger partial charge in [0.1, 0.15) is 6.33 Å². The molecular formula is C14H24N4O2. The van der Waals surface area contributed by atoms with Crippen molar-refractivity contribution in [3.63, 3.8) is 0 Å². The molecule has 2 rings (SSSR count). The molecule has 20 heavy (non-hydrogen) atoms. The van der Waals surface area contributed by atoms with E-state index in [4.69, 9.17) is 9.47 Å². The highest BCUT2D eigenvalue weighted by molar-refractivity contribution is 5.64. The average Bonchev–Trinajstić information content (AvgIpc) is 2.52. The SMILES string of the molecule is CCCNc1ncnc(N2CCOC(CC)C2)c1OC. The normalized spacial score (nSPS) is 18.9. The third-order valence-electron chi connectivity index (χ3n) is 3.43. The van der Waals surface area contributed by atoms with Gasteiger partial charge in [-0.2, -0.15) is 0 Å². The molecule has 1 aromatic heterocycles. The van der Waals surface area contributed by atoms with E-state index in [0.717, 1.165) is 56.5 Å². The maximum absolute atomic E-state index is 5.71. The molecular weight excluding hydrogens is 256 g/mol. The molecule has 0 radical (unpaired) electrons. The number of ether oxygens (including phenoxy) is 2. The fourth-order valence-corrected chi connectivity index (χ4v) is 2.31. The van der Waals surface area contributed by atoms with Crippen molar-refractivity contribution in [2.75, 3.05) is 43.6 Å². The Morgan fingerprint density at radius 1 is 1.45 bits per heavy atom. The maximum atomic E-state index is 5.71. The molecule has 0 saturated carbocycles. The van der Waals surface area contributed by atoms with Gasteiger partial charge in [-0.05, 0) is 12.8 Å². The lowest BCUT2D eigenvalue weighted by molar-refractivity contribution is 0.0380. The molecule has 6 nitrogen and oxygen atoms in total. The van der Waals surface area contributed by atoms with Crippen LogP contribution >= 0.6 is 0 Å². The highest BCUT2D eigenvalue weighted by atomic mass is 16.5. The monoisotopic (exact) mass is 280 g/mol. The van der Waals surface area contributed by atoms with E-state index in [-0.39, 0.29) is 6.10 Å². The third kappa shape index (κ3) is 3.30. The fraction of sp³-hybridized carbons (Fsp3) is 0.714. The van der Waals surface area contributed by atoms with Gasteiger partial charge in [-0.3, -0.25) is 0 Å². The average molecular weight is 280 g/mol. The van der Waals surface area contributed by atoms with Crippen molar-refractivity contribution >= 4 is 11.6 Å². The lowest BCUT2D eigenvalue weighted by atomic mass is 10.2. The Morgan fingerprint density at radius 3 is 3.00 bits per heavy atom. The molecule has 0 spiro atoms. The summed E-state index contributed by atoms with van der Waals surface area (Å²) >= 11 is 0. The Morgan fingerprint density at radius 2 is 2.30 bits per heavy atom. The van der Waals surface area contributed by atoms with Gasteiger partial charge >= 0.3 is 0 Å². The summed E-state index contributed by atoms with van der Waals surface area (Å²) in [5, 5.41) is 3.28. The summed E-state index contributed by atoms with van der Waals surface area (Å²) in [5.41, 5.74) is 0. The molecule has 1 aliphatic rings. The third-order valence-corrected chi connectivity index (χ3v) is 3.43. The maximum Gasteiger partial charge on any atom is 0.204 e. The quantitative estimate of drug-likeness (QED) is 0.859. The number of anilines is 2. The Bertz CT molecular complexity index is 428. The van der Waals surface area contributed by atoms with Gasteiger partial charge in [0.25, 0.3) is 0 Å². The van der Waals surface area contributed by atoms with Crippen LogP contribution in [0.3, 0.4) is 0 Å². The number of nitrogens with zero attached hydrogens (tertiary/aromatic N) is 3. The number of methoxy groups -OCH3 is 1. The van der Waals surface area contributed by atoms with Crippen molar-refractivity contribution in [3.8, 4) is 5.75 Å². The zero-order valence-electron chi connectivity index (χ0n) is 12.6. The van der Waals surface area contributed by atoms with Gasteiger partial charge in [-0.15, -0.1) is 0 Å². The first-order valence-electron chi connectivity index (χ1n) is 7.29. The van der Waals surface area contributed by atoms with Crippen molar-refractivity contribution in [2.24, 2.45) is 0 Å². The molecule has 6 heteroatoms. The van der Waals surface area contributed by atoms with Crippen molar-refractivity contribution in [3.05, 3.63) is 6.33 Å². The van der Waals surface area contributed by atoms with E-state index in [1.54, 1.807) is 13.4 Å². The molecule has 1 aromatic rings. The molecule has 112 valence electrons. The second kappa shape index (κ2) is 7.28. The van der Waals surface area contributed by atoms with Gasteiger partial charge in [0.05, 0.1) is 19.8 Å². The van der Waals surface area contributed by atoms with Crippen LogP contribution in [0, 0.1) is 0 Å². The Kier molecular flexibility index (Phi) is 5.40. The van der Waals surface area contributed by atoms with Gasteiger partial charge in [-0.1, -0.05) is 13.8 Å². The van der Waals surface area contributed by atoms with Crippen molar-refractivity contribution in [1.82, 2.24) is 9.97 Å². The predicted molar refractivity (Wildman–Crippen MR) is 79.6 cm³/mol. The minimum atomic E-state index is 0.260. The minimum absolute atomic E-state index is 0.260. The predicted octanol–water partition coefficient (Wildman–Crippen LogP) is 1.92. The summed E-state index contributed by atoms with van der Waals surface area (Å²) in [5.74, 6) is 2.33. The van der Waals surface area contributed by atoms with E-state index in [1.165, 1.54) is 0 Å². The summed E-state index contributed by atoms with van der Waals surface area (Å²) in [4.78, 5) is 10.9. The molecule has 1 fully saturated rings. The van der Waals surface area contributed by atoms with Crippen molar-refractivity contribution < 1.29 is 9.47 Å². The minimum Gasteiger partial charge on any atom is -0.490 e. The molecule has 2 heterocycles. The topological polar surface area (TPSA) is 59.5 Å². The second-order valence-corrected chi connectivity index (χ2v) is 4.85. The van der Waals surface area contributed by atoms with Crippen LogP contribution in [0.1, 0.15) is 26.7 Å². The van der Waals surface area contributed by atoms with Crippen LogP contribution < -0.4 is 15.0 Å². The lowest BCUT2D eigenvalue weighted by Crippen LogP contribution is -2.42. The van der Waals surface area contributed by atoms with E-state index < -0.39 is 0 Å². The molecule has 1 N–H and O–H groups in total. The molecule has 1 aliphatic heterocycles. The highest BCUT2D eigenvalue weighted by Gasteiger charge is 2.24. The number of hydrogen-bond acceptors (Lipinski definition) is 6. The van der Waals surface area contributed by atoms with Crippen LogP contribution in [0.4, 0.5) is 11.6 Å². The van der Waals surface area contributed by atoms with Gasteiger partial charge in [-0.25, -0.2) is 9.97 Å². The molecule has 1 unspecified atom stereocenters. The molecule has 0 bridgehead atoms. The highest BCUT2D eigenvalue weighted by Crippen LogP contribution is 2.32. The lowest BCUT2D eigenvalue weighted by Gasteiger charge is -2.34. The summed E-state index contributed by atoms with van der Waals surface area (Å²) < 4.78 is 11.2. The first-order chi connectivity index (χ1) is 9.80. The molecule has 0 aliphatic carbocycles. The fourth-order valence-electron chi connectivity index (χ4n) is 2.31. The van der Waals surface area contributed by atoms with Crippen LogP contribution in [-0.4, -0.2) is 49.4 Å². The van der Waals surface area contributed by atoms with Gasteiger partial charge in [0, 0.05) is 19.6 Å². The van der Waals surface area contributed by atoms with Crippen LogP contribution in [0.25, 0.3) is 0 Å². The molecule has 0 amide bonds. The van der Waals surface area contributed by atoms with E-state index in [0.29, 0.717) is 0 Å². The zero-order chi connectivity index (χ0) is 14.4. The summed E-state index contributed by atoms with van der Waals surface area (Å²) in [6.45, 7) is 7.53. The number of nitrogens with one attached hydrogen (secondary N) is 1. The van der Waals surface area contributed by atoms with Gasteiger partial charge in [0.15, 0.2) is 11.6 Å². The molecule has 0 aromatic carbocycles. The van der Waals surface area contributed by atoms with E-state index in [2.05, 4.69) is 34.0 Å². The summed E-state index contributed by atoms with van der Waals surface area (Å²) in [6.07, 6.45) is 3.89. The Hall–Kier alpha value is -1.56. The van der Waals surface area contributed by atoms with E-state index in [9.17, 15) is 0 Å². The second-order valence-electron chi connectivity index (χ2n) is 4.85. The van der Waals surface area contributed by atoms with Crippen LogP contribution in [0.5, 0.6) is 5.75 Å². The first kappa shape index (κ1) is 14.8. The zero-order valence-corrected chi connectivity index (χ0v) is 12.6. The van der Waals surface area contributed by atoms with Crippen LogP contribution in [0.15, 0.2) is 6.33 Å². The number of rotatable bonds is 6. The standard InChI is InChI=1S/C14H24N4O2/c1-4-6-15-13-12(19-3)14(17-10-16-13)18-7-8-20-11(5-2)9-18/h10-11H,4-9H2,1-3H3,(H,15,16,17). The van der Waals surface area contributed by atoms with Crippen molar-refractivity contribution in [2.45, 2.75) is 32.8 Å². The number of aromatic nitrogens is 2. The largest absolute Gasteiger partial charge is 0.490 e. The summed E-state index contributed by atoms with van der Waals surface area (Å²) in [6, 6.07) is 0. The van der Waals surface area contributed by atoms with Crippen LogP contribution in [-0.2, 0) is 4.74 Å². The van der Waals surface area contributed by atoms with Gasteiger partial charge in [0.2, 0.25) is 5.75 Å². The Balaban J connectivity index is 2.21. The smallest absolute Gasteiger partial charge is 0.204 e.